The second-order valence-electron chi connectivity index (χ2n) is 14.2. The zero-order chi connectivity index (χ0) is 29.8. The maximum atomic E-state index is 6.58. The normalized spacial score (nSPS) is 18.0. The lowest BCUT2D eigenvalue weighted by molar-refractivity contribution is 0.00578. The van der Waals surface area contributed by atoms with Gasteiger partial charge in [0.25, 0.3) is 0 Å². The number of fused-ring (bicyclic) bond motifs is 5. The predicted octanol–water partition coefficient (Wildman–Crippen LogP) is 10.9. The lowest BCUT2D eigenvalue weighted by Crippen LogP contribution is -2.41. The molecule has 2 nitrogen and oxygen atoms in total. The topological polar surface area (TPSA) is 18.5 Å². The second-order valence-corrected chi connectivity index (χ2v) is 14.2. The molecule has 226 valence electrons. The summed E-state index contributed by atoms with van der Waals surface area (Å²) < 4.78 is 13.2. The Labute approximate surface area is 257 Å². The van der Waals surface area contributed by atoms with Gasteiger partial charge in [-0.3, -0.25) is 0 Å². The Balaban J connectivity index is 1.56. The Hall–Kier alpha value is -2.10. The van der Waals surface area contributed by atoms with Gasteiger partial charge in [0, 0.05) is 5.41 Å². The van der Waals surface area contributed by atoms with Gasteiger partial charge in [0.2, 0.25) is 0 Å². The molecule has 1 aliphatic heterocycles. The van der Waals surface area contributed by atoms with Gasteiger partial charge in [-0.25, -0.2) is 0 Å². The van der Waals surface area contributed by atoms with Crippen molar-refractivity contribution in [1.82, 2.24) is 0 Å². The van der Waals surface area contributed by atoms with Crippen molar-refractivity contribution >= 4 is 23.4 Å². The van der Waals surface area contributed by atoms with Crippen molar-refractivity contribution < 1.29 is 9.31 Å². The van der Waals surface area contributed by atoms with Crippen LogP contribution in [0.3, 0.4) is 0 Å². The van der Waals surface area contributed by atoms with Crippen molar-refractivity contribution in [3.05, 3.63) is 65.7 Å². The second kappa shape index (κ2) is 13.3. The summed E-state index contributed by atoms with van der Waals surface area (Å²) in [6.07, 6.45) is 18.4. The molecule has 0 unspecified atom stereocenters. The summed E-state index contributed by atoms with van der Waals surface area (Å²) in [4.78, 5) is 0. The number of hydrogen-bond acceptors (Lipinski definition) is 2. The molecule has 1 saturated heterocycles. The lowest BCUT2D eigenvalue weighted by atomic mass is 9.68. The molecule has 0 spiro atoms. The van der Waals surface area contributed by atoms with Gasteiger partial charge in [-0.2, -0.15) is 0 Å². The van der Waals surface area contributed by atoms with Gasteiger partial charge in [-0.15, -0.1) is 0 Å². The third kappa shape index (κ3) is 6.11. The van der Waals surface area contributed by atoms with E-state index in [0.29, 0.717) is 0 Å². The zero-order valence-corrected chi connectivity index (χ0v) is 27.5. The number of unbranched alkanes of at least 4 members (excludes halogenated alkanes) is 10. The summed E-state index contributed by atoms with van der Waals surface area (Å²) in [5.74, 6) is 0. The van der Waals surface area contributed by atoms with E-state index in [1.165, 1.54) is 123 Å². The van der Waals surface area contributed by atoms with Crippen LogP contribution in [0.4, 0.5) is 0 Å². The highest BCUT2D eigenvalue weighted by molar-refractivity contribution is 6.62. The minimum Gasteiger partial charge on any atom is -0.399 e. The van der Waals surface area contributed by atoms with E-state index >= 15 is 0 Å². The van der Waals surface area contributed by atoms with Gasteiger partial charge in [0.15, 0.2) is 0 Å². The first-order valence-corrected chi connectivity index (χ1v) is 17.3. The fraction of sp³-hybridized carbons (Fsp3) is 0.590. The molecule has 0 saturated carbocycles. The average Bonchev–Trinajstić information content (AvgIpc) is 3.38. The molecule has 1 aliphatic carbocycles. The molecule has 0 amide bonds. The van der Waals surface area contributed by atoms with E-state index in [-0.39, 0.29) is 23.7 Å². The van der Waals surface area contributed by atoms with Crippen molar-refractivity contribution in [1.29, 1.82) is 0 Å². The standard InChI is InChI=1S/C39H55BO2/c1-7-9-11-13-15-19-27-39(28-20-16-14-12-10-8-2)34-26-23-30-21-17-18-22-32(30)36(34)33-25-24-31(29-35(33)39)40-41-37(3,4)38(5,6)42-40/h17-18,21-26,29H,7-16,19-20,27-28H2,1-6H3. The van der Waals surface area contributed by atoms with E-state index < -0.39 is 0 Å². The summed E-state index contributed by atoms with van der Waals surface area (Å²) in [5.41, 5.74) is 6.50. The van der Waals surface area contributed by atoms with Crippen LogP contribution in [0.25, 0.3) is 21.9 Å². The minimum absolute atomic E-state index is 0.0455. The third-order valence-corrected chi connectivity index (χ3v) is 10.7. The Morgan fingerprint density at radius 3 is 1.79 bits per heavy atom. The van der Waals surface area contributed by atoms with Crippen LogP contribution in [-0.2, 0) is 14.7 Å². The predicted molar refractivity (Wildman–Crippen MR) is 182 cm³/mol. The maximum absolute atomic E-state index is 6.58. The summed E-state index contributed by atoms with van der Waals surface area (Å²) in [5, 5.41) is 2.74. The van der Waals surface area contributed by atoms with Crippen LogP contribution in [0.5, 0.6) is 0 Å². The van der Waals surface area contributed by atoms with Gasteiger partial charge < -0.3 is 9.31 Å². The quantitative estimate of drug-likeness (QED) is 0.135. The number of rotatable bonds is 15. The van der Waals surface area contributed by atoms with Crippen LogP contribution < -0.4 is 5.46 Å². The molecule has 3 heteroatoms. The van der Waals surface area contributed by atoms with E-state index in [4.69, 9.17) is 9.31 Å². The molecule has 0 aromatic heterocycles. The summed E-state index contributed by atoms with van der Waals surface area (Å²) in [6.45, 7) is 13.2. The van der Waals surface area contributed by atoms with Crippen molar-refractivity contribution in [2.24, 2.45) is 0 Å². The molecule has 2 aliphatic rings. The van der Waals surface area contributed by atoms with Gasteiger partial charge in [-0.05, 0) is 79.0 Å². The minimum atomic E-state index is -0.343. The molecule has 0 radical (unpaired) electrons. The molecular weight excluding hydrogens is 511 g/mol. The fourth-order valence-electron chi connectivity index (χ4n) is 7.49. The fourth-order valence-corrected chi connectivity index (χ4v) is 7.49. The van der Waals surface area contributed by atoms with E-state index in [2.05, 4.69) is 96.1 Å². The first kappa shape index (κ1) is 31.3. The number of hydrogen-bond donors (Lipinski definition) is 0. The van der Waals surface area contributed by atoms with Crippen LogP contribution in [0.1, 0.15) is 143 Å². The van der Waals surface area contributed by atoms with Crippen molar-refractivity contribution in [3.8, 4) is 11.1 Å². The number of benzene rings is 3. The smallest absolute Gasteiger partial charge is 0.399 e. The van der Waals surface area contributed by atoms with Gasteiger partial charge in [-0.1, -0.05) is 145 Å². The monoisotopic (exact) mass is 566 g/mol. The van der Waals surface area contributed by atoms with Crippen molar-refractivity contribution in [2.75, 3.05) is 0 Å². The van der Waals surface area contributed by atoms with Crippen LogP contribution in [-0.4, -0.2) is 18.3 Å². The van der Waals surface area contributed by atoms with E-state index in [1.807, 2.05) is 0 Å². The highest BCUT2D eigenvalue weighted by Crippen LogP contribution is 2.56. The van der Waals surface area contributed by atoms with Gasteiger partial charge in [0.1, 0.15) is 0 Å². The molecule has 42 heavy (non-hydrogen) atoms. The Morgan fingerprint density at radius 1 is 0.595 bits per heavy atom. The summed E-state index contributed by atoms with van der Waals surface area (Å²) in [7, 11) is -0.332. The van der Waals surface area contributed by atoms with Gasteiger partial charge >= 0.3 is 7.12 Å². The highest BCUT2D eigenvalue weighted by Gasteiger charge is 2.52. The van der Waals surface area contributed by atoms with Crippen molar-refractivity contribution in [2.45, 2.75) is 148 Å². The first-order valence-electron chi connectivity index (χ1n) is 17.3. The average molecular weight is 567 g/mol. The van der Waals surface area contributed by atoms with Gasteiger partial charge in [0.05, 0.1) is 11.2 Å². The first-order chi connectivity index (χ1) is 20.2. The molecule has 3 aromatic rings. The third-order valence-electron chi connectivity index (χ3n) is 10.7. The molecule has 3 aromatic carbocycles. The van der Waals surface area contributed by atoms with Crippen LogP contribution in [0.2, 0.25) is 0 Å². The largest absolute Gasteiger partial charge is 0.494 e. The Kier molecular flexibility index (Phi) is 9.90. The summed E-state index contributed by atoms with van der Waals surface area (Å²) >= 11 is 0. The molecular formula is C39H55BO2. The molecule has 5 rings (SSSR count). The van der Waals surface area contributed by atoms with Crippen molar-refractivity contribution in [3.63, 3.8) is 0 Å². The Bertz CT molecular complexity index is 1310. The highest BCUT2D eigenvalue weighted by atomic mass is 16.7. The summed E-state index contributed by atoms with van der Waals surface area (Å²) in [6, 6.07) is 21.0. The molecule has 0 N–H and O–H groups in total. The van der Waals surface area contributed by atoms with Crippen LogP contribution in [0, 0.1) is 0 Å². The molecule has 0 atom stereocenters. The van der Waals surface area contributed by atoms with E-state index in [1.54, 1.807) is 5.56 Å². The molecule has 1 heterocycles. The lowest BCUT2D eigenvalue weighted by Gasteiger charge is -2.33. The van der Waals surface area contributed by atoms with E-state index in [0.717, 1.165) is 0 Å². The Morgan fingerprint density at radius 2 is 1.17 bits per heavy atom. The zero-order valence-electron chi connectivity index (χ0n) is 27.5. The van der Waals surface area contributed by atoms with Crippen LogP contribution >= 0.6 is 0 Å². The SMILES string of the molecule is CCCCCCCCC1(CCCCCCCC)c2cc(B3OC(C)(C)C(C)(C)O3)ccc2-c2c1ccc1ccccc21. The maximum Gasteiger partial charge on any atom is 0.494 e. The molecule has 0 bridgehead atoms. The van der Waals surface area contributed by atoms with Crippen LogP contribution in [0.15, 0.2) is 54.6 Å². The molecule has 1 fully saturated rings. The van der Waals surface area contributed by atoms with E-state index in [9.17, 15) is 0 Å².